The number of carbonyl (C=O) groups excluding carboxylic acids is 1. The van der Waals surface area contributed by atoms with Gasteiger partial charge in [-0.2, -0.15) is 0 Å². The van der Waals surface area contributed by atoms with Crippen LogP contribution in [0.3, 0.4) is 0 Å². The molecule has 0 aliphatic carbocycles. The lowest BCUT2D eigenvalue weighted by Gasteiger charge is -1.89. The van der Waals surface area contributed by atoms with Crippen LogP contribution in [0.5, 0.6) is 0 Å². The van der Waals surface area contributed by atoms with E-state index in [0.29, 0.717) is 0 Å². The van der Waals surface area contributed by atoms with Crippen molar-refractivity contribution >= 4 is 18.2 Å². The largest absolute Gasteiger partial charge is 0.299 e. The minimum Gasteiger partial charge on any atom is -0.299 e. The first-order valence-corrected chi connectivity index (χ1v) is 3.72. The van der Waals surface area contributed by atoms with Gasteiger partial charge in [-0.3, -0.25) is 8.77 Å². The maximum atomic E-state index is 10.1. The van der Waals surface area contributed by atoms with E-state index >= 15 is 0 Å². The second kappa shape index (κ2) is 2.73. The first-order valence-electron chi connectivity index (χ1n) is 2.54. The van der Waals surface area contributed by atoms with E-state index in [1.165, 1.54) is 0 Å². The third kappa shape index (κ3) is 1.36. The molecule has 1 aromatic heterocycles. The average molecular weight is 141 g/mol. The summed E-state index contributed by atoms with van der Waals surface area (Å²) >= 11 is 1.56. The highest BCUT2D eigenvalue weighted by Gasteiger charge is 1.90. The maximum absolute atomic E-state index is 10.1. The summed E-state index contributed by atoms with van der Waals surface area (Å²) in [6, 6.07) is 1.78. The van der Waals surface area contributed by atoms with Crippen LogP contribution in [0.1, 0.15) is 10.4 Å². The number of hydrogen-bond acceptors (Lipinski definition) is 2. The zero-order valence-corrected chi connectivity index (χ0v) is 5.89. The molecule has 0 saturated carbocycles. The van der Waals surface area contributed by atoms with Gasteiger partial charge < -0.3 is 0 Å². The monoisotopic (exact) mass is 141 g/mol. The van der Waals surface area contributed by atoms with Gasteiger partial charge in [-0.15, -0.1) is 0 Å². The van der Waals surface area contributed by atoms with Gasteiger partial charge in [0.05, 0.1) is 0 Å². The molecule has 9 heavy (non-hydrogen) atoms. The molecule has 0 aromatic carbocycles. The van der Waals surface area contributed by atoms with E-state index in [-0.39, 0.29) is 0 Å². The molecular formula is C6H7NOS. The van der Waals surface area contributed by atoms with Crippen LogP contribution in [0.15, 0.2) is 18.5 Å². The summed E-state index contributed by atoms with van der Waals surface area (Å²) in [4.78, 5) is 10.1. The highest BCUT2D eigenvalue weighted by Crippen LogP contribution is 2.04. The Morgan fingerprint density at radius 3 is 2.89 bits per heavy atom. The topological polar surface area (TPSA) is 22.0 Å². The van der Waals surface area contributed by atoms with Gasteiger partial charge in [-0.25, -0.2) is 0 Å². The fraction of sp³-hybridized carbons (Fsp3) is 0.167. The number of nitrogens with zero attached hydrogens (tertiary/aromatic N) is 1. The molecule has 0 amide bonds. The molecule has 0 radical (unpaired) electrons. The van der Waals surface area contributed by atoms with E-state index in [4.69, 9.17) is 0 Å². The van der Waals surface area contributed by atoms with Crippen molar-refractivity contribution in [3.8, 4) is 0 Å². The molecule has 0 N–H and O–H groups in total. The number of carbonyl (C=O) groups is 1. The Morgan fingerprint density at radius 2 is 2.56 bits per heavy atom. The van der Waals surface area contributed by atoms with Gasteiger partial charge >= 0.3 is 0 Å². The van der Waals surface area contributed by atoms with Crippen LogP contribution in [-0.2, 0) is 0 Å². The van der Waals surface area contributed by atoms with E-state index in [9.17, 15) is 4.79 Å². The number of aldehydes is 1. The molecule has 0 aliphatic rings. The molecule has 0 bridgehead atoms. The third-order valence-electron chi connectivity index (χ3n) is 1.04. The maximum Gasteiger partial charge on any atom is 0.151 e. The highest BCUT2D eigenvalue weighted by molar-refractivity contribution is 7.97. The Morgan fingerprint density at radius 1 is 1.78 bits per heavy atom. The Kier molecular flexibility index (Phi) is 1.95. The minimum absolute atomic E-state index is 0.726. The van der Waals surface area contributed by atoms with Crippen molar-refractivity contribution in [1.82, 2.24) is 3.97 Å². The summed E-state index contributed by atoms with van der Waals surface area (Å²) < 4.78 is 1.88. The predicted molar refractivity (Wildman–Crippen MR) is 38.7 cm³/mol. The summed E-state index contributed by atoms with van der Waals surface area (Å²) in [5, 5.41) is 0. The second-order valence-electron chi connectivity index (χ2n) is 1.61. The highest BCUT2D eigenvalue weighted by atomic mass is 32.2. The van der Waals surface area contributed by atoms with Gasteiger partial charge in [0.25, 0.3) is 0 Å². The summed E-state index contributed by atoms with van der Waals surface area (Å²) in [6.45, 7) is 0. The van der Waals surface area contributed by atoms with Gasteiger partial charge in [0, 0.05) is 24.2 Å². The lowest BCUT2D eigenvalue weighted by atomic mass is 10.4. The molecule has 0 fully saturated rings. The molecular weight excluding hydrogens is 134 g/mol. The van der Waals surface area contributed by atoms with E-state index in [0.717, 1.165) is 11.8 Å². The molecule has 1 aromatic rings. The second-order valence-corrected chi connectivity index (χ2v) is 2.39. The van der Waals surface area contributed by atoms with Gasteiger partial charge in [0.2, 0.25) is 0 Å². The standard InChI is InChI=1S/C6H7NOS/c1-9-7-3-2-6(4-7)5-8/h2-5H,1H3. The van der Waals surface area contributed by atoms with Crippen molar-refractivity contribution in [3.05, 3.63) is 24.0 Å². The Balaban J connectivity index is 2.86. The predicted octanol–water partition coefficient (Wildman–Crippen LogP) is 1.43. The molecule has 0 aliphatic heterocycles. The van der Waals surface area contributed by atoms with Crippen molar-refractivity contribution in [2.45, 2.75) is 0 Å². The molecule has 0 spiro atoms. The van der Waals surface area contributed by atoms with Crippen LogP contribution in [0.25, 0.3) is 0 Å². The lowest BCUT2D eigenvalue weighted by molar-refractivity contribution is 0.112. The van der Waals surface area contributed by atoms with Crippen LogP contribution in [0.2, 0.25) is 0 Å². The number of aromatic nitrogens is 1. The lowest BCUT2D eigenvalue weighted by Crippen LogP contribution is -1.76. The minimum atomic E-state index is 0.726. The average Bonchev–Trinajstić information content (AvgIpc) is 2.34. The first-order chi connectivity index (χ1) is 4.36. The van der Waals surface area contributed by atoms with Gasteiger partial charge in [-0.05, 0) is 18.0 Å². The Labute approximate surface area is 58.0 Å². The third-order valence-corrected chi connectivity index (χ3v) is 1.69. The van der Waals surface area contributed by atoms with E-state index < -0.39 is 0 Å². The van der Waals surface area contributed by atoms with Crippen LogP contribution >= 0.6 is 11.9 Å². The molecule has 1 heterocycles. The quantitative estimate of drug-likeness (QED) is 0.581. The van der Waals surface area contributed by atoms with Crippen molar-refractivity contribution in [1.29, 1.82) is 0 Å². The smallest absolute Gasteiger partial charge is 0.151 e. The van der Waals surface area contributed by atoms with Crippen molar-refractivity contribution in [3.63, 3.8) is 0 Å². The summed E-state index contributed by atoms with van der Waals surface area (Å²) in [5.74, 6) is 0. The molecule has 2 nitrogen and oxygen atoms in total. The summed E-state index contributed by atoms with van der Waals surface area (Å²) in [6.07, 6.45) is 6.44. The van der Waals surface area contributed by atoms with Crippen molar-refractivity contribution in [2.24, 2.45) is 0 Å². The van der Waals surface area contributed by atoms with E-state index in [2.05, 4.69) is 0 Å². The van der Waals surface area contributed by atoms with Crippen LogP contribution in [-0.4, -0.2) is 16.5 Å². The van der Waals surface area contributed by atoms with Crippen molar-refractivity contribution in [2.75, 3.05) is 6.26 Å². The zero-order chi connectivity index (χ0) is 6.69. The molecule has 3 heteroatoms. The summed E-state index contributed by atoms with van der Waals surface area (Å²) in [5.41, 5.74) is 0.726. The molecule has 0 saturated heterocycles. The van der Waals surface area contributed by atoms with Gasteiger partial charge in [-0.1, -0.05) is 0 Å². The normalized spacial score (nSPS) is 9.44. The van der Waals surface area contributed by atoms with E-state index in [1.54, 1.807) is 24.2 Å². The van der Waals surface area contributed by atoms with Crippen LogP contribution in [0.4, 0.5) is 0 Å². The fourth-order valence-electron chi connectivity index (χ4n) is 0.576. The van der Waals surface area contributed by atoms with Crippen LogP contribution in [0, 0.1) is 0 Å². The van der Waals surface area contributed by atoms with Gasteiger partial charge in [0.1, 0.15) is 0 Å². The van der Waals surface area contributed by atoms with E-state index in [1.807, 2.05) is 16.4 Å². The number of hydrogen-bond donors (Lipinski definition) is 0. The Bertz CT molecular complexity index is 207. The van der Waals surface area contributed by atoms with Crippen molar-refractivity contribution < 1.29 is 4.79 Å². The van der Waals surface area contributed by atoms with Gasteiger partial charge in [0.15, 0.2) is 6.29 Å². The molecule has 0 unspecified atom stereocenters. The molecule has 48 valence electrons. The number of rotatable bonds is 2. The zero-order valence-electron chi connectivity index (χ0n) is 5.07. The fourth-order valence-corrected chi connectivity index (χ4v) is 0.985. The van der Waals surface area contributed by atoms with Crippen LogP contribution < -0.4 is 0 Å². The first kappa shape index (κ1) is 6.42. The Hall–Kier alpha value is -0.700. The molecule has 1 rings (SSSR count). The SMILES string of the molecule is CSn1ccc(C=O)c1. The summed E-state index contributed by atoms with van der Waals surface area (Å²) in [7, 11) is 0. The molecule has 0 atom stereocenters.